The van der Waals surface area contributed by atoms with Crippen LogP contribution in [0.25, 0.3) is 0 Å². The molecule has 136 valence electrons. The van der Waals surface area contributed by atoms with Crippen molar-refractivity contribution in [3.63, 3.8) is 0 Å². The van der Waals surface area contributed by atoms with Gasteiger partial charge in [-0.15, -0.1) is 0 Å². The SMILES string of the molecule is COC(=O)c1cccc(NC(=O)NCCOc2ccc3c(c2)OCO3)c1. The lowest BCUT2D eigenvalue weighted by atomic mass is 10.2. The van der Waals surface area contributed by atoms with Gasteiger partial charge in [-0.1, -0.05) is 6.07 Å². The van der Waals surface area contributed by atoms with E-state index in [4.69, 9.17) is 14.2 Å². The van der Waals surface area contributed by atoms with Crippen LogP contribution in [0.15, 0.2) is 42.5 Å². The summed E-state index contributed by atoms with van der Waals surface area (Å²) in [7, 11) is 1.30. The minimum Gasteiger partial charge on any atom is -0.492 e. The van der Waals surface area contributed by atoms with E-state index in [2.05, 4.69) is 15.4 Å². The highest BCUT2D eigenvalue weighted by Gasteiger charge is 2.13. The van der Waals surface area contributed by atoms with E-state index in [1.807, 2.05) is 0 Å². The van der Waals surface area contributed by atoms with Crippen LogP contribution in [0.5, 0.6) is 17.2 Å². The van der Waals surface area contributed by atoms with Gasteiger partial charge in [0.25, 0.3) is 0 Å². The third-order valence-corrected chi connectivity index (χ3v) is 3.54. The summed E-state index contributed by atoms with van der Waals surface area (Å²) >= 11 is 0. The van der Waals surface area contributed by atoms with Gasteiger partial charge >= 0.3 is 12.0 Å². The smallest absolute Gasteiger partial charge is 0.337 e. The van der Waals surface area contributed by atoms with Gasteiger partial charge in [-0.2, -0.15) is 0 Å². The Balaban J connectivity index is 1.42. The number of ether oxygens (including phenoxy) is 4. The maximum atomic E-state index is 11.9. The van der Waals surface area contributed by atoms with Crippen molar-refractivity contribution in [2.45, 2.75) is 0 Å². The molecule has 8 nitrogen and oxygen atoms in total. The number of amides is 2. The first-order valence-electron chi connectivity index (χ1n) is 7.91. The van der Waals surface area contributed by atoms with Crippen LogP contribution in [0.4, 0.5) is 10.5 Å². The van der Waals surface area contributed by atoms with Crippen LogP contribution in [-0.4, -0.2) is 39.1 Å². The molecule has 0 unspecified atom stereocenters. The molecule has 0 aromatic heterocycles. The monoisotopic (exact) mass is 358 g/mol. The molecular weight excluding hydrogens is 340 g/mol. The van der Waals surface area contributed by atoms with Gasteiger partial charge < -0.3 is 29.6 Å². The van der Waals surface area contributed by atoms with Crippen LogP contribution in [-0.2, 0) is 4.74 Å². The van der Waals surface area contributed by atoms with E-state index < -0.39 is 12.0 Å². The summed E-state index contributed by atoms with van der Waals surface area (Å²) in [6.07, 6.45) is 0. The quantitative estimate of drug-likeness (QED) is 0.608. The Kier molecular flexibility index (Phi) is 5.43. The van der Waals surface area contributed by atoms with Crippen molar-refractivity contribution in [2.24, 2.45) is 0 Å². The van der Waals surface area contributed by atoms with Crippen LogP contribution < -0.4 is 24.8 Å². The van der Waals surface area contributed by atoms with Gasteiger partial charge in [0.05, 0.1) is 19.2 Å². The van der Waals surface area contributed by atoms with Crippen molar-refractivity contribution < 1.29 is 28.5 Å². The number of carbonyl (C=O) groups excluding carboxylic acids is 2. The number of nitrogens with one attached hydrogen (secondary N) is 2. The van der Waals surface area contributed by atoms with E-state index >= 15 is 0 Å². The number of hydrogen-bond donors (Lipinski definition) is 2. The van der Waals surface area contributed by atoms with Crippen LogP contribution >= 0.6 is 0 Å². The lowest BCUT2D eigenvalue weighted by Gasteiger charge is -2.10. The lowest BCUT2D eigenvalue weighted by Crippen LogP contribution is -2.32. The third-order valence-electron chi connectivity index (χ3n) is 3.54. The fourth-order valence-electron chi connectivity index (χ4n) is 2.32. The number of rotatable bonds is 6. The van der Waals surface area contributed by atoms with Crippen molar-refractivity contribution in [3.8, 4) is 17.2 Å². The lowest BCUT2D eigenvalue weighted by molar-refractivity contribution is 0.0600. The zero-order chi connectivity index (χ0) is 18.4. The zero-order valence-corrected chi connectivity index (χ0v) is 14.1. The van der Waals surface area contributed by atoms with Crippen molar-refractivity contribution in [1.29, 1.82) is 0 Å². The molecule has 0 spiro atoms. The summed E-state index contributed by atoms with van der Waals surface area (Å²) < 4.78 is 20.7. The Hall–Kier alpha value is -3.42. The second-order valence-corrected chi connectivity index (χ2v) is 5.32. The molecule has 0 saturated carbocycles. The normalized spacial score (nSPS) is 11.6. The fraction of sp³-hybridized carbons (Fsp3) is 0.222. The number of fused-ring (bicyclic) bond motifs is 1. The predicted octanol–water partition coefficient (Wildman–Crippen LogP) is 2.40. The van der Waals surface area contributed by atoms with Gasteiger partial charge in [-0.25, -0.2) is 9.59 Å². The van der Waals surface area contributed by atoms with E-state index in [9.17, 15) is 9.59 Å². The molecule has 1 aliphatic rings. The molecule has 8 heteroatoms. The summed E-state index contributed by atoms with van der Waals surface area (Å²) in [5.74, 6) is 1.48. The average Bonchev–Trinajstić information content (AvgIpc) is 3.12. The number of carbonyl (C=O) groups is 2. The molecule has 2 aromatic carbocycles. The number of methoxy groups -OCH3 is 1. The second kappa shape index (κ2) is 8.11. The average molecular weight is 358 g/mol. The second-order valence-electron chi connectivity index (χ2n) is 5.32. The van der Waals surface area contributed by atoms with Gasteiger partial charge in [-0.3, -0.25) is 0 Å². The number of esters is 1. The van der Waals surface area contributed by atoms with Crippen molar-refractivity contribution in [2.75, 3.05) is 32.4 Å². The molecule has 1 aliphatic heterocycles. The Morgan fingerprint density at radius 2 is 1.96 bits per heavy atom. The molecule has 0 bridgehead atoms. The highest BCUT2D eigenvalue weighted by atomic mass is 16.7. The number of benzene rings is 2. The maximum absolute atomic E-state index is 11.9. The molecule has 2 N–H and O–H groups in total. The molecule has 1 heterocycles. The van der Waals surface area contributed by atoms with Gasteiger partial charge in [0.1, 0.15) is 12.4 Å². The fourth-order valence-corrected chi connectivity index (χ4v) is 2.32. The van der Waals surface area contributed by atoms with Gasteiger partial charge in [0.2, 0.25) is 6.79 Å². The number of hydrogen-bond acceptors (Lipinski definition) is 6. The van der Waals surface area contributed by atoms with Crippen molar-refractivity contribution >= 4 is 17.7 Å². The first-order valence-corrected chi connectivity index (χ1v) is 7.91. The number of urea groups is 1. The summed E-state index contributed by atoms with van der Waals surface area (Å²) in [6, 6.07) is 11.3. The molecule has 2 aromatic rings. The van der Waals surface area contributed by atoms with Gasteiger partial charge in [0, 0.05) is 11.8 Å². The predicted molar refractivity (Wildman–Crippen MR) is 92.9 cm³/mol. The standard InChI is InChI=1S/C18H18N2O6/c1-23-17(21)12-3-2-4-13(9-12)20-18(22)19-7-8-24-14-5-6-15-16(10-14)26-11-25-15/h2-6,9-10H,7-8,11H2,1H3,(H2,19,20,22). The minimum atomic E-state index is -0.466. The molecule has 0 fully saturated rings. The van der Waals surface area contributed by atoms with E-state index in [0.717, 1.165) is 0 Å². The molecule has 3 rings (SSSR count). The van der Waals surface area contributed by atoms with Crippen LogP contribution in [0, 0.1) is 0 Å². The minimum absolute atomic E-state index is 0.206. The first kappa shape index (κ1) is 17.4. The largest absolute Gasteiger partial charge is 0.492 e. The molecule has 0 radical (unpaired) electrons. The number of anilines is 1. The maximum Gasteiger partial charge on any atom is 0.337 e. The van der Waals surface area contributed by atoms with E-state index in [0.29, 0.717) is 35.0 Å². The molecule has 2 amide bonds. The van der Waals surface area contributed by atoms with E-state index in [1.54, 1.807) is 36.4 Å². The van der Waals surface area contributed by atoms with Crippen LogP contribution in [0.2, 0.25) is 0 Å². The summed E-state index contributed by atoms with van der Waals surface area (Å²) in [5.41, 5.74) is 0.846. The third kappa shape index (κ3) is 4.35. The van der Waals surface area contributed by atoms with E-state index in [-0.39, 0.29) is 13.4 Å². The molecule has 26 heavy (non-hydrogen) atoms. The molecule has 0 saturated heterocycles. The Labute approximate surface area is 150 Å². The zero-order valence-electron chi connectivity index (χ0n) is 14.1. The van der Waals surface area contributed by atoms with Crippen molar-refractivity contribution in [3.05, 3.63) is 48.0 Å². The molecule has 0 aliphatic carbocycles. The van der Waals surface area contributed by atoms with Gasteiger partial charge in [-0.05, 0) is 30.3 Å². The molecular formula is C18H18N2O6. The highest BCUT2D eigenvalue weighted by molar-refractivity contribution is 5.93. The Morgan fingerprint density at radius 1 is 1.12 bits per heavy atom. The van der Waals surface area contributed by atoms with Crippen LogP contribution in [0.3, 0.4) is 0 Å². The summed E-state index contributed by atoms with van der Waals surface area (Å²) in [5, 5.41) is 5.31. The Morgan fingerprint density at radius 3 is 2.81 bits per heavy atom. The molecule has 0 atom stereocenters. The van der Waals surface area contributed by atoms with Crippen LogP contribution in [0.1, 0.15) is 10.4 Å². The highest BCUT2D eigenvalue weighted by Crippen LogP contribution is 2.34. The van der Waals surface area contributed by atoms with Gasteiger partial charge in [0.15, 0.2) is 11.5 Å². The summed E-state index contributed by atoms with van der Waals surface area (Å²) in [4.78, 5) is 23.4. The van der Waals surface area contributed by atoms with Crippen molar-refractivity contribution in [1.82, 2.24) is 5.32 Å². The van der Waals surface area contributed by atoms with E-state index in [1.165, 1.54) is 13.2 Å². The summed E-state index contributed by atoms with van der Waals surface area (Å²) in [6.45, 7) is 0.796. The first-order chi connectivity index (χ1) is 12.7. The topological polar surface area (TPSA) is 95.1 Å². The Bertz CT molecular complexity index is 808.